The number of halogens is 3. The molecular weight excluding hydrogens is 279 g/mol. The molecule has 21 heavy (non-hydrogen) atoms. The fraction of sp³-hybridized carbons (Fsp3) is 1.00. The fourth-order valence-electron chi connectivity index (χ4n) is 2.94. The van der Waals surface area contributed by atoms with Gasteiger partial charge in [-0.2, -0.15) is 13.2 Å². The van der Waals surface area contributed by atoms with Crippen LogP contribution < -0.4 is 5.32 Å². The topological polar surface area (TPSA) is 21.3 Å². The summed E-state index contributed by atoms with van der Waals surface area (Å²) in [5, 5.41) is 3.46. The molecule has 0 spiro atoms. The predicted molar refractivity (Wildman–Crippen MR) is 79.4 cm³/mol. The third kappa shape index (κ3) is 8.05. The van der Waals surface area contributed by atoms with Crippen molar-refractivity contribution < 1.29 is 17.9 Å². The van der Waals surface area contributed by atoms with Crippen molar-refractivity contribution in [1.82, 2.24) is 5.32 Å². The molecule has 126 valence electrons. The lowest BCUT2D eigenvalue weighted by Gasteiger charge is -2.42. The maximum absolute atomic E-state index is 12.2. The first kappa shape index (κ1) is 18.8. The summed E-state index contributed by atoms with van der Waals surface area (Å²) in [5.74, 6) is 0.572. The van der Waals surface area contributed by atoms with Gasteiger partial charge in [0.05, 0.1) is 5.60 Å². The highest BCUT2D eigenvalue weighted by molar-refractivity contribution is 4.91. The molecule has 1 N–H and O–H groups in total. The molecule has 0 bridgehead atoms. The van der Waals surface area contributed by atoms with Gasteiger partial charge in [-0.3, -0.25) is 0 Å². The monoisotopic (exact) mass is 309 g/mol. The number of hydrogen-bond donors (Lipinski definition) is 1. The molecule has 0 amide bonds. The minimum absolute atomic E-state index is 0.0109. The fourth-order valence-corrected chi connectivity index (χ4v) is 2.94. The lowest BCUT2D eigenvalue weighted by atomic mass is 9.78. The van der Waals surface area contributed by atoms with Gasteiger partial charge < -0.3 is 10.1 Å². The van der Waals surface area contributed by atoms with Crippen LogP contribution in [0.4, 0.5) is 13.2 Å². The van der Waals surface area contributed by atoms with Crippen LogP contribution >= 0.6 is 0 Å². The van der Waals surface area contributed by atoms with Crippen LogP contribution in [0.3, 0.4) is 0 Å². The Morgan fingerprint density at radius 1 is 1.24 bits per heavy atom. The van der Waals surface area contributed by atoms with Gasteiger partial charge in [0.25, 0.3) is 0 Å². The van der Waals surface area contributed by atoms with E-state index in [9.17, 15) is 13.2 Å². The molecule has 0 aromatic rings. The van der Waals surface area contributed by atoms with E-state index in [4.69, 9.17) is 4.74 Å². The maximum Gasteiger partial charge on any atom is 0.389 e. The number of ether oxygens (including phenoxy) is 1. The SMILES string of the molecule is CC1CCCC(CNC(C)(C)C)(OCCCC(F)(F)F)C1. The first-order valence-electron chi connectivity index (χ1n) is 7.97. The molecule has 1 rings (SSSR count). The van der Waals surface area contributed by atoms with E-state index < -0.39 is 12.6 Å². The second kappa shape index (κ2) is 7.32. The summed E-state index contributed by atoms with van der Waals surface area (Å²) in [4.78, 5) is 0. The average molecular weight is 309 g/mol. The van der Waals surface area contributed by atoms with E-state index in [1.807, 2.05) is 0 Å². The van der Waals surface area contributed by atoms with Gasteiger partial charge in [-0.25, -0.2) is 0 Å². The van der Waals surface area contributed by atoms with Crippen LogP contribution in [0.25, 0.3) is 0 Å². The van der Waals surface area contributed by atoms with Crippen molar-refractivity contribution in [2.45, 2.75) is 83.5 Å². The van der Waals surface area contributed by atoms with Crippen LogP contribution in [-0.2, 0) is 4.74 Å². The lowest BCUT2D eigenvalue weighted by Crippen LogP contribution is -2.51. The van der Waals surface area contributed by atoms with Gasteiger partial charge in [-0.15, -0.1) is 0 Å². The molecule has 1 aliphatic carbocycles. The maximum atomic E-state index is 12.2. The molecule has 0 aliphatic heterocycles. The number of nitrogens with one attached hydrogen (secondary N) is 1. The first-order chi connectivity index (χ1) is 9.52. The zero-order chi connectivity index (χ0) is 16.1. The van der Waals surface area contributed by atoms with Gasteiger partial charge in [0.2, 0.25) is 0 Å². The normalized spacial score (nSPS) is 27.9. The summed E-state index contributed by atoms with van der Waals surface area (Å²) in [7, 11) is 0. The second-order valence-corrected chi connectivity index (χ2v) is 7.56. The van der Waals surface area contributed by atoms with Crippen LogP contribution in [0.15, 0.2) is 0 Å². The zero-order valence-electron chi connectivity index (χ0n) is 13.8. The van der Waals surface area contributed by atoms with E-state index >= 15 is 0 Å². The molecule has 2 unspecified atom stereocenters. The Bertz CT molecular complexity index is 312. The van der Waals surface area contributed by atoms with Crippen molar-refractivity contribution in [3.63, 3.8) is 0 Å². The van der Waals surface area contributed by atoms with Crippen LogP contribution in [0.5, 0.6) is 0 Å². The summed E-state index contributed by atoms with van der Waals surface area (Å²) in [6.45, 7) is 9.39. The highest BCUT2D eigenvalue weighted by atomic mass is 19.4. The van der Waals surface area contributed by atoms with Gasteiger partial charge >= 0.3 is 6.18 Å². The summed E-state index contributed by atoms with van der Waals surface area (Å²) in [5.41, 5.74) is -0.306. The van der Waals surface area contributed by atoms with Gasteiger partial charge in [-0.05, 0) is 46.0 Å². The van der Waals surface area contributed by atoms with Crippen LogP contribution in [0, 0.1) is 5.92 Å². The number of alkyl halides is 3. The van der Waals surface area contributed by atoms with E-state index in [0.717, 1.165) is 19.3 Å². The minimum Gasteiger partial charge on any atom is -0.374 e. The van der Waals surface area contributed by atoms with Crippen LogP contribution in [0.2, 0.25) is 0 Å². The van der Waals surface area contributed by atoms with E-state index in [-0.39, 0.29) is 24.2 Å². The van der Waals surface area contributed by atoms with Gasteiger partial charge in [0.15, 0.2) is 0 Å². The van der Waals surface area contributed by atoms with Crippen LogP contribution in [-0.4, -0.2) is 30.5 Å². The van der Waals surface area contributed by atoms with E-state index in [0.29, 0.717) is 12.5 Å². The Morgan fingerprint density at radius 2 is 1.90 bits per heavy atom. The van der Waals surface area contributed by atoms with Gasteiger partial charge in [0, 0.05) is 25.1 Å². The Balaban J connectivity index is 2.52. The smallest absolute Gasteiger partial charge is 0.374 e. The molecule has 0 aromatic carbocycles. The Hall–Kier alpha value is -0.290. The van der Waals surface area contributed by atoms with E-state index in [2.05, 4.69) is 33.0 Å². The van der Waals surface area contributed by atoms with Gasteiger partial charge in [0.1, 0.15) is 0 Å². The molecule has 2 atom stereocenters. The molecule has 5 heteroatoms. The Morgan fingerprint density at radius 3 is 2.43 bits per heavy atom. The van der Waals surface area contributed by atoms with Crippen molar-refractivity contribution in [3.05, 3.63) is 0 Å². The molecule has 0 aromatic heterocycles. The van der Waals surface area contributed by atoms with Gasteiger partial charge in [-0.1, -0.05) is 19.8 Å². The predicted octanol–water partition coefficient (Wildman–Crippen LogP) is 4.68. The molecule has 1 fully saturated rings. The molecular formula is C16H30F3NO. The van der Waals surface area contributed by atoms with Crippen molar-refractivity contribution in [2.24, 2.45) is 5.92 Å². The summed E-state index contributed by atoms with van der Waals surface area (Å²) < 4.78 is 42.6. The third-order valence-corrected chi connectivity index (χ3v) is 4.00. The van der Waals surface area contributed by atoms with Crippen molar-refractivity contribution in [1.29, 1.82) is 0 Å². The molecule has 2 nitrogen and oxygen atoms in total. The molecule has 0 saturated heterocycles. The molecule has 0 radical (unpaired) electrons. The van der Waals surface area contributed by atoms with Crippen molar-refractivity contribution in [2.75, 3.05) is 13.2 Å². The third-order valence-electron chi connectivity index (χ3n) is 4.00. The summed E-state index contributed by atoms with van der Waals surface area (Å²) in [6.07, 6.45) is -0.648. The number of rotatable bonds is 6. The second-order valence-electron chi connectivity index (χ2n) is 7.56. The first-order valence-corrected chi connectivity index (χ1v) is 7.97. The molecule has 1 saturated carbocycles. The van der Waals surface area contributed by atoms with E-state index in [1.54, 1.807) is 0 Å². The highest BCUT2D eigenvalue weighted by Crippen LogP contribution is 2.35. The quantitative estimate of drug-likeness (QED) is 0.719. The Labute approximate surface area is 126 Å². The van der Waals surface area contributed by atoms with Crippen molar-refractivity contribution in [3.8, 4) is 0 Å². The van der Waals surface area contributed by atoms with Crippen LogP contribution in [0.1, 0.15) is 66.2 Å². The average Bonchev–Trinajstić information content (AvgIpc) is 2.31. The van der Waals surface area contributed by atoms with Crippen molar-refractivity contribution >= 4 is 0 Å². The summed E-state index contributed by atoms with van der Waals surface area (Å²) in [6, 6.07) is 0. The largest absolute Gasteiger partial charge is 0.389 e. The summed E-state index contributed by atoms with van der Waals surface area (Å²) >= 11 is 0. The standard InChI is InChI=1S/C16H30F3NO/c1-13-7-5-8-15(11-13,12-20-14(2,3)4)21-10-6-9-16(17,18)19/h13,20H,5-12H2,1-4H3. The minimum atomic E-state index is -4.08. The molecule has 1 aliphatic rings. The lowest BCUT2D eigenvalue weighted by molar-refractivity contribution is -0.144. The Kier molecular flexibility index (Phi) is 6.54. The zero-order valence-corrected chi connectivity index (χ0v) is 13.8. The molecule has 0 heterocycles. The van der Waals surface area contributed by atoms with E-state index in [1.165, 1.54) is 6.42 Å². The highest BCUT2D eigenvalue weighted by Gasteiger charge is 2.37. The number of hydrogen-bond acceptors (Lipinski definition) is 2.